The molecule has 0 aromatic carbocycles. The summed E-state index contributed by atoms with van der Waals surface area (Å²) in [6.07, 6.45) is 3.34. The smallest absolute Gasteiger partial charge is 0.240 e. The summed E-state index contributed by atoms with van der Waals surface area (Å²) in [5.74, 6) is -0.238. The van der Waals surface area contributed by atoms with Crippen molar-refractivity contribution in [2.75, 3.05) is 39.6 Å². The Morgan fingerprint density at radius 3 is 2.62 bits per heavy atom. The normalized spacial score (nSPS) is 26.7. The van der Waals surface area contributed by atoms with Crippen molar-refractivity contribution in [1.29, 1.82) is 0 Å². The van der Waals surface area contributed by atoms with E-state index in [9.17, 15) is 18.3 Å². The maximum Gasteiger partial charge on any atom is 0.240 e. The van der Waals surface area contributed by atoms with E-state index in [2.05, 4.69) is 0 Å². The molecule has 0 aromatic heterocycles. The third-order valence-electron chi connectivity index (χ3n) is 4.25. The number of likely N-dealkylation sites (N-methyl/N-ethyl adjacent to an activating group) is 1. The van der Waals surface area contributed by atoms with Crippen LogP contribution in [0.2, 0.25) is 0 Å². The molecule has 2 aliphatic rings. The summed E-state index contributed by atoms with van der Waals surface area (Å²) in [4.78, 5) is 14.0. The van der Waals surface area contributed by atoms with E-state index in [1.54, 1.807) is 7.05 Å². The Labute approximate surface area is 125 Å². The van der Waals surface area contributed by atoms with Crippen molar-refractivity contribution in [3.63, 3.8) is 0 Å². The Hall–Kier alpha value is -0.700. The molecular weight excluding hydrogens is 296 g/mol. The zero-order valence-corrected chi connectivity index (χ0v) is 13.4. The minimum Gasteiger partial charge on any atom is -0.388 e. The average molecular weight is 320 g/mol. The fraction of sp³-hybridized carbons (Fsp3) is 0.923. The zero-order valence-electron chi connectivity index (χ0n) is 12.6. The van der Waals surface area contributed by atoms with Crippen LogP contribution >= 0.6 is 0 Å². The van der Waals surface area contributed by atoms with Crippen LogP contribution in [-0.4, -0.2) is 79.9 Å². The van der Waals surface area contributed by atoms with E-state index in [0.717, 1.165) is 6.26 Å². The molecule has 2 heterocycles. The van der Waals surface area contributed by atoms with Crippen LogP contribution in [0.25, 0.3) is 0 Å². The first-order valence-corrected chi connectivity index (χ1v) is 9.10. The summed E-state index contributed by atoms with van der Waals surface area (Å²) in [6, 6.07) is -0.631. The van der Waals surface area contributed by atoms with Crippen LogP contribution in [0, 0.1) is 0 Å². The second-order valence-electron chi connectivity index (χ2n) is 6.06. The Kier molecular flexibility index (Phi) is 4.92. The summed E-state index contributed by atoms with van der Waals surface area (Å²) < 4.78 is 29.9. The van der Waals surface area contributed by atoms with Crippen LogP contribution in [-0.2, 0) is 19.6 Å². The molecule has 1 unspecified atom stereocenters. The van der Waals surface area contributed by atoms with Gasteiger partial charge in [-0.2, -0.15) is 4.31 Å². The molecule has 21 heavy (non-hydrogen) atoms. The number of sulfonamides is 1. The van der Waals surface area contributed by atoms with E-state index >= 15 is 0 Å². The van der Waals surface area contributed by atoms with Gasteiger partial charge in [0, 0.05) is 46.2 Å². The maximum atomic E-state index is 12.5. The second-order valence-corrected chi connectivity index (χ2v) is 8.00. The monoisotopic (exact) mass is 320 g/mol. The van der Waals surface area contributed by atoms with Crippen LogP contribution in [0.1, 0.15) is 25.7 Å². The summed E-state index contributed by atoms with van der Waals surface area (Å²) >= 11 is 0. The standard InChI is InChI=1S/C13H24N2O5S/c1-14(10-13(17)5-8-20-9-6-13)12(16)11-4-3-7-15(11)21(2,18)19/h11,17H,3-10H2,1-2H3. The van der Waals surface area contributed by atoms with E-state index in [4.69, 9.17) is 4.74 Å². The van der Waals surface area contributed by atoms with Crippen molar-refractivity contribution in [3.05, 3.63) is 0 Å². The van der Waals surface area contributed by atoms with E-state index in [-0.39, 0.29) is 12.5 Å². The molecular formula is C13H24N2O5S. The lowest BCUT2D eigenvalue weighted by atomic mass is 9.93. The van der Waals surface area contributed by atoms with Gasteiger partial charge >= 0.3 is 0 Å². The maximum absolute atomic E-state index is 12.5. The fourth-order valence-electron chi connectivity index (χ4n) is 3.07. The summed E-state index contributed by atoms with van der Waals surface area (Å²) in [7, 11) is -1.76. The molecule has 2 fully saturated rings. The van der Waals surface area contributed by atoms with Crippen molar-refractivity contribution < 1.29 is 23.1 Å². The number of rotatable bonds is 4. The number of aliphatic hydroxyl groups is 1. The molecule has 0 saturated carbocycles. The van der Waals surface area contributed by atoms with Crippen molar-refractivity contribution in [1.82, 2.24) is 9.21 Å². The molecule has 0 aromatic rings. The molecule has 2 aliphatic heterocycles. The Morgan fingerprint density at radius 2 is 2.05 bits per heavy atom. The zero-order chi connectivity index (χ0) is 15.7. The summed E-state index contributed by atoms with van der Waals surface area (Å²) in [5, 5.41) is 10.5. The minimum atomic E-state index is -3.38. The predicted octanol–water partition coefficient (Wildman–Crippen LogP) is -0.590. The lowest BCUT2D eigenvalue weighted by molar-refractivity contribution is -0.140. The van der Waals surface area contributed by atoms with Crippen LogP contribution in [0.4, 0.5) is 0 Å². The minimum absolute atomic E-state index is 0.212. The average Bonchev–Trinajstić information content (AvgIpc) is 2.87. The van der Waals surface area contributed by atoms with E-state index in [1.807, 2.05) is 0 Å². The quantitative estimate of drug-likeness (QED) is 0.748. The van der Waals surface area contributed by atoms with Crippen LogP contribution in [0.3, 0.4) is 0 Å². The van der Waals surface area contributed by atoms with E-state index in [1.165, 1.54) is 9.21 Å². The molecule has 0 radical (unpaired) electrons. The van der Waals surface area contributed by atoms with Crippen LogP contribution in [0.15, 0.2) is 0 Å². The predicted molar refractivity (Wildman–Crippen MR) is 77.2 cm³/mol. The molecule has 7 nitrogen and oxygen atoms in total. The Bertz CT molecular complexity index is 487. The molecule has 8 heteroatoms. The van der Waals surface area contributed by atoms with Gasteiger partial charge in [0.25, 0.3) is 0 Å². The first kappa shape index (κ1) is 16.7. The Balaban J connectivity index is 2.02. The van der Waals surface area contributed by atoms with Gasteiger partial charge in [0.2, 0.25) is 15.9 Å². The Morgan fingerprint density at radius 1 is 1.43 bits per heavy atom. The highest BCUT2D eigenvalue weighted by Crippen LogP contribution is 2.25. The van der Waals surface area contributed by atoms with Gasteiger partial charge in [-0.05, 0) is 12.8 Å². The van der Waals surface area contributed by atoms with Gasteiger partial charge in [-0.1, -0.05) is 0 Å². The molecule has 122 valence electrons. The SMILES string of the molecule is CN(CC1(O)CCOCC1)C(=O)C1CCCN1S(C)(=O)=O. The molecule has 2 saturated heterocycles. The van der Waals surface area contributed by atoms with Gasteiger partial charge in [-0.3, -0.25) is 4.79 Å². The molecule has 0 aliphatic carbocycles. The highest BCUT2D eigenvalue weighted by atomic mass is 32.2. The fourth-order valence-corrected chi connectivity index (χ4v) is 4.19. The second kappa shape index (κ2) is 6.20. The first-order chi connectivity index (χ1) is 9.73. The summed E-state index contributed by atoms with van der Waals surface area (Å²) in [6.45, 7) is 1.57. The number of nitrogens with zero attached hydrogens (tertiary/aromatic N) is 2. The van der Waals surface area contributed by atoms with Gasteiger partial charge in [0.1, 0.15) is 6.04 Å². The molecule has 1 amide bonds. The van der Waals surface area contributed by atoms with Gasteiger partial charge < -0.3 is 14.7 Å². The molecule has 2 rings (SSSR count). The number of amides is 1. The van der Waals surface area contributed by atoms with Gasteiger partial charge in [-0.15, -0.1) is 0 Å². The highest BCUT2D eigenvalue weighted by Gasteiger charge is 2.40. The number of hydrogen-bond acceptors (Lipinski definition) is 5. The topological polar surface area (TPSA) is 87.2 Å². The number of carbonyl (C=O) groups excluding carboxylic acids is 1. The van der Waals surface area contributed by atoms with Crippen molar-refractivity contribution in [2.45, 2.75) is 37.3 Å². The van der Waals surface area contributed by atoms with Gasteiger partial charge in [-0.25, -0.2) is 8.42 Å². The van der Waals surface area contributed by atoms with Crippen molar-refractivity contribution >= 4 is 15.9 Å². The van der Waals surface area contributed by atoms with Gasteiger partial charge in [0.05, 0.1) is 11.9 Å². The molecule has 0 bridgehead atoms. The lowest BCUT2D eigenvalue weighted by Gasteiger charge is -2.36. The highest BCUT2D eigenvalue weighted by molar-refractivity contribution is 7.88. The van der Waals surface area contributed by atoms with E-state index in [0.29, 0.717) is 45.4 Å². The molecule has 0 spiro atoms. The number of carbonyl (C=O) groups is 1. The third-order valence-corrected chi connectivity index (χ3v) is 5.53. The third kappa shape index (κ3) is 3.94. The first-order valence-electron chi connectivity index (χ1n) is 7.25. The number of hydrogen-bond donors (Lipinski definition) is 1. The van der Waals surface area contributed by atoms with Crippen LogP contribution < -0.4 is 0 Å². The van der Waals surface area contributed by atoms with Crippen molar-refractivity contribution in [2.24, 2.45) is 0 Å². The largest absolute Gasteiger partial charge is 0.388 e. The van der Waals surface area contributed by atoms with Crippen LogP contribution in [0.5, 0.6) is 0 Å². The summed E-state index contributed by atoms with van der Waals surface area (Å²) in [5.41, 5.74) is -0.933. The van der Waals surface area contributed by atoms with Crippen molar-refractivity contribution in [3.8, 4) is 0 Å². The lowest BCUT2D eigenvalue weighted by Crippen LogP contribution is -2.52. The van der Waals surface area contributed by atoms with Gasteiger partial charge in [0.15, 0.2) is 0 Å². The molecule has 1 N–H and O–H groups in total. The molecule has 1 atom stereocenters. The number of ether oxygens (including phenoxy) is 1. The van der Waals surface area contributed by atoms with E-state index < -0.39 is 21.7 Å².